The molecule has 2 heterocycles. The molecule has 8 heteroatoms. The number of nitrogens with two attached hydrogens (primary N) is 1. The largest absolute Gasteiger partial charge is 0.382 e. The van der Waals surface area contributed by atoms with Crippen LogP contribution in [0.2, 0.25) is 0 Å². The number of thiazole rings is 1. The lowest BCUT2D eigenvalue weighted by molar-refractivity contribution is 0.731. The molecule has 2 N–H and O–H groups in total. The van der Waals surface area contributed by atoms with Gasteiger partial charge in [-0.05, 0) is 24.3 Å². The molecule has 4 rings (SSSR count). The van der Waals surface area contributed by atoms with Crippen molar-refractivity contribution in [2.45, 2.75) is 0 Å². The molecule has 0 unspecified atom stereocenters. The van der Waals surface area contributed by atoms with Gasteiger partial charge in [0.2, 0.25) is 5.13 Å². The van der Waals surface area contributed by atoms with Gasteiger partial charge in [0.15, 0.2) is 11.5 Å². The molecule has 2 aromatic heterocycles. The number of anilines is 1. The second kappa shape index (κ2) is 6.77. The maximum Gasteiger partial charge on any atom is 0.301 e. The number of aromatic nitrogens is 3. The second-order valence-corrected chi connectivity index (χ2v) is 6.22. The van der Waals surface area contributed by atoms with Gasteiger partial charge in [0.05, 0.1) is 11.4 Å². The van der Waals surface area contributed by atoms with Crippen LogP contribution >= 0.6 is 11.3 Å². The van der Waals surface area contributed by atoms with Gasteiger partial charge in [-0.1, -0.05) is 36.4 Å². The van der Waals surface area contributed by atoms with E-state index < -0.39 is 0 Å². The summed E-state index contributed by atoms with van der Waals surface area (Å²) >= 11 is 1.33. The molecular weight excluding hydrogens is 348 g/mol. The van der Waals surface area contributed by atoms with Gasteiger partial charge in [-0.25, -0.2) is 14.3 Å². The zero-order chi connectivity index (χ0) is 17.9. The molecule has 0 atom stereocenters. The summed E-state index contributed by atoms with van der Waals surface area (Å²) in [6.45, 7) is 0. The van der Waals surface area contributed by atoms with Gasteiger partial charge in [0.25, 0.3) is 0 Å². The first-order valence-electron chi connectivity index (χ1n) is 7.81. The van der Waals surface area contributed by atoms with E-state index in [1.165, 1.54) is 16.0 Å². The number of azo groups is 1. The highest BCUT2D eigenvalue weighted by atomic mass is 32.1. The van der Waals surface area contributed by atoms with Gasteiger partial charge >= 0.3 is 5.56 Å². The van der Waals surface area contributed by atoms with Crippen LogP contribution < -0.4 is 11.3 Å². The minimum atomic E-state index is -0.349. The normalized spacial score (nSPS) is 11.2. The molecule has 7 nitrogen and oxygen atoms in total. The van der Waals surface area contributed by atoms with E-state index in [0.717, 1.165) is 5.69 Å². The Morgan fingerprint density at radius 2 is 1.50 bits per heavy atom. The number of benzene rings is 2. The molecule has 0 spiro atoms. The monoisotopic (exact) mass is 362 g/mol. The maximum atomic E-state index is 13.0. The Labute approximate surface area is 152 Å². The lowest BCUT2D eigenvalue weighted by Crippen LogP contribution is -2.20. The summed E-state index contributed by atoms with van der Waals surface area (Å²) in [5.74, 6) is 0.213. The van der Waals surface area contributed by atoms with Crippen LogP contribution in [0.5, 0.6) is 0 Å². The fraction of sp³-hybridized carbons (Fsp3) is 0. The molecule has 0 aliphatic heterocycles. The molecule has 2 aromatic carbocycles. The molecule has 0 saturated heterocycles. The zero-order valence-electron chi connectivity index (χ0n) is 13.6. The SMILES string of the molecule is Nc1c(/N=N/c2nccs2)c(=O)n(-c2ccccc2)n1-c1ccccc1. The highest BCUT2D eigenvalue weighted by Gasteiger charge is 2.20. The summed E-state index contributed by atoms with van der Waals surface area (Å²) in [5, 5.41) is 10.3. The number of nitrogens with zero attached hydrogens (tertiary/aromatic N) is 5. The van der Waals surface area contributed by atoms with Crippen molar-refractivity contribution in [3.63, 3.8) is 0 Å². The average molecular weight is 362 g/mol. The van der Waals surface area contributed by atoms with Crippen LogP contribution in [0.4, 0.5) is 16.6 Å². The van der Waals surface area contributed by atoms with Crippen molar-refractivity contribution in [3.05, 3.63) is 82.6 Å². The fourth-order valence-corrected chi connectivity index (χ4v) is 3.04. The van der Waals surface area contributed by atoms with Gasteiger partial charge in [-0.3, -0.25) is 4.79 Å². The molecule has 4 aromatic rings. The summed E-state index contributed by atoms with van der Waals surface area (Å²) in [6.07, 6.45) is 1.62. The summed E-state index contributed by atoms with van der Waals surface area (Å²) in [4.78, 5) is 17.1. The van der Waals surface area contributed by atoms with Gasteiger partial charge in [-0.15, -0.1) is 21.6 Å². The van der Waals surface area contributed by atoms with E-state index in [4.69, 9.17) is 5.73 Å². The van der Waals surface area contributed by atoms with Crippen LogP contribution in [0.1, 0.15) is 0 Å². The third-order valence-electron chi connectivity index (χ3n) is 3.72. The Kier molecular flexibility index (Phi) is 4.16. The number of rotatable bonds is 4. The molecule has 0 aliphatic rings. The first kappa shape index (κ1) is 16.0. The molecule has 0 fully saturated rings. The third-order valence-corrected chi connectivity index (χ3v) is 4.38. The number of hydrogen-bond acceptors (Lipinski definition) is 6. The van der Waals surface area contributed by atoms with E-state index in [2.05, 4.69) is 15.2 Å². The van der Waals surface area contributed by atoms with Crippen molar-refractivity contribution in [2.24, 2.45) is 10.2 Å². The van der Waals surface area contributed by atoms with E-state index in [1.54, 1.807) is 16.3 Å². The van der Waals surface area contributed by atoms with Crippen LogP contribution in [-0.4, -0.2) is 14.3 Å². The van der Waals surface area contributed by atoms with Crippen molar-refractivity contribution in [1.29, 1.82) is 0 Å². The smallest absolute Gasteiger partial charge is 0.301 e. The van der Waals surface area contributed by atoms with E-state index >= 15 is 0 Å². The van der Waals surface area contributed by atoms with Crippen molar-refractivity contribution in [2.75, 3.05) is 5.73 Å². The number of nitrogen functional groups attached to an aromatic ring is 1. The predicted octanol–water partition coefficient (Wildman–Crippen LogP) is 4.08. The Balaban J connectivity index is 1.95. The first-order chi connectivity index (χ1) is 12.8. The van der Waals surface area contributed by atoms with Crippen LogP contribution in [0, 0.1) is 0 Å². The van der Waals surface area contributed by atoms with Crippen LogP contribution in [-0.2, 0) is 0 Å². The summed E-state index contributed by atoms with van der Waals surface area (Å²) in [7, 11) is 0. The highest BCUT2D eigenvalue weighted by Crippen LogP contribution is 2.27. The Hall–Kier alpha value is -3.52. The van der Waals surface area contributed by atoms with Crippen molar-refractivity contribution < 1.29 is 0 Å². The quantitative estimate of drug-likeness (QED) is 0.555. The highest BCUT2D eigenvalue weighted by molar-refractivity contribution is 7.13. The maximum absolute atomic E-state index is 13.0. The zero-order valence-corrected chi connectivity index (χ0v) is 14.4. The number of hydrogen-bond donors (Lipinski definition) is 1. The molecule has 0 saturated carbocycles. The summed E-state index contributed by atoms with van der Waals surface area (Å²) in [6, 6.07) is 18.7. The molecule has 26 heavy (non-hydrogen) atoms. The van der Waals surface area contributed by atoms with E-state index in [-0.39, 0.29) is 17.1 Å². The van der Waals surface area contributed by atoms with Gasteiger partial charge in [0, 0.05) is 11.6 Å². The van der Waals surface area contributed by atoms with E-state index in [1.807, 2.05) is 60.7 Å². The van der Waals surface area contributed by atoms with E-state index in [0.29, 0.717) is 10.8 Å². The second-order valence-electron chi connectivity index (χ2n) is 5.35. The van der Waals surface area contributed by atoms with Crippen molar-refractivity contribution >= 4 is 28.0 Å². The van der Waals surface area contributed by atoms with Crippen molar-refractivity contribution in [3.8, 4) is 11.4 Å². The minimum Gasteiger partial charge on any atom is -0.382 e. The van der Waals surface area contributed by atoms with Crippen LogP contribution in [0.15, 0.2) is 87.3 Å². The lowest BCUT2D eigenvalue weighted by Gasteiger charge is -2.12. The number of para-hydroxylation sites is 2. The Morgan fingerprint density at radius 1 is 0.885 bits per heavy atom. The van der Waals surface area contributed by atoms with Crippen molar-refractivity contribution in [1.82, 2.24) is 14.3 Å². The molecule has 0 radical (unpaired) electrons. The topological polar surface area (TPSA) is 90.6 Å². The first-order valence-corrected chi connectivity index (χ1v) is 8.69. The molecule has 0 bridgehead atoms. The molecule has 0 aliphatic carbocycles. The molecular formula is C18H14N6OS. The lowest BCUT2D eigenvalue weighted by atomic mass is 10.3. The van der Waals surface area contributed by atoms with Crippen LogP contribution in [0.25, 0.3) is 11.4 Å². The van der Waals surface area contributed by atoms with E-state index in [9.17, 15) is 4.79 Å². The Bertz CT molecular complexity index is 1100. The third kappa shape index (κ3) is 2.82. The van der Waals surface area contributed by atoms with Gasteiger partial charge in [0.1, 0.15) is 0 Å². The standard InChI is InChI=1S/C18H14N6OS/c19-16-15(21-22-18-20-11-12-26-18)17(25)24(14-9-5-2-6-10-14)23(16)13-7-3-1-4-8-13/h1-12H,19H2/b22-21+. The predicted molar refractivity (Wildman–Crippen MR) is 102 cm³/mol. The minimum absolute atomic E-state index is 0.0768. The average Bonchev–Trinajstić information content (AvgIpc) is 3.28. The molecule has 128 valence electrons. The summed E-state index contributed by atoms with van der Waals surface area (Å²) in [5.41, 5.74) is 7.45. The van der Waals surface area contributed by atoms with Gasteiger partial charge in [-0.2, -0.15) is 0 Å². The fourth-order valence-electron chi connectivity index (χ4n) is 2.59. The Morgan fingerprint density at radius 3 is 2.08 bits per heavy atom. The summed E-state index contributed by atoms with van der Waals surface area (Å²) < 4.78 is 3.12. The molecule has 0 amide bonds. The van der Waals surface area contributed by atoms with Crippen LogP contribution in [0.3, 0.4) is 0 Å². The van der Waals surface area contributed by atoms with Gasteiger partial charge < -0.3 is 5.73 Å².